The van der Waals surface area contributed by atoms with Crippen molar-refractivity contribution in [2.24, 2.45) is 0 Å². The molecule has 0 spiro atoms. The standard InChI is InChI=1S/C64H36N4/c1-2-16-48-37(10-1)11-9-21-54(48)67-56-20-6-4-18-51(56)62-57(67)31-30-50-49-17-3-5-19-55(49)68(63(50)62)64-65-52(46-32-42-26-22-38-12-7-13-39-23-27-43(33-46)60(42)58(38)39)36-53(66-64)47-34-44-28-24-40-14-8-15-41-25-29-45(35-47)61(44)59(40)41/h1-36H. The van der Waals surface area contributed by atoms with Gasteiger partial charge in [-0.15, -0.1) is 0 Å². The highest BCUT2D eigenvalue weighted by atomic mass is 15.2. The number of fused-ring (bicyclic) bond motifs is 8. The van der Waals surface area contributed by atoms with E-state index in [1.165, 1.54) is 86.2 Å². The molecule has 0 unspecified atom stereocenters. The van der Waals surface area contributed by atoms with Gasteiger partial charge in [0.15, 0.2) is 0 Å². The maximum absolute atomic E-state index is 5.69. The Kier molecular flexibility index (Phi) is 7.04. The van der Waals surface area contributed by atoms with Crippen LogP contribution in [0.25, 0.3) is 153 Å². The molecule has 4 nitrogen and oxygen atoms in total. The third-order valence-electron chi connectivity index (χ3n) is 14.9. The van der Waals surface area contributed by atoms with E-state index in [0.29, 0.717) is 5.95 Å². The molecule has 0 saturated heterocycles. The molecule has 0 aliphatic heterocycles. The minimum absolute atomic E-state index is 0.633. The van der Waals surface area contributed by atoms with E-state index in [0.717, 1.165) is 61.0 Å². The third kappa shape index (κ3) is 4.87. The first kappa shape index (κ1) is 36.1. The lowest BCUT2D eigenvalue weighted by Crippen LogP contribution is -2.04. The van der Waals surface area contributed by atoms with Gasteiger partial charge in [-0.3, -0.25) is 4.57 Å². The first-order valence-corrected chi connectivity index (χ1v) is 23.4. The average molecular weight is 861 g/mol. The van der Waals surface area contributed by atoms with Gasteiger partial charge in [-0.25, -0.2) is 9.97 Å². The Balaban J connectivity index is 1.03. The van der Waals surface area contributed by atoms with Crippen molar-refractivity contribution in [1.82, 2.24) is 19.1 Å². The van der Waals surface area contributed by atoms with Gasteiger partial charge in [-0.2, -0.15) is 0 Å². The second kappa shape index (κ2) is 13.3. The Hall–Kier alpha value is -9.12. The van der Waals surface area contributed by atoms with Crippen LogP contribution in [0.2, 0.25) is 0 Å². The molecule has 0 saturated carbocycles. The molecule has 0 fully saturated rings. The molecule has 0 atom stereocenters. The predicted octanol–water partition coefficient (Wildman–Crippen LogP) is 17.0. The van der Waals surface area contributed by atoms with Crippen LogP contribution in [-0.4, -0.2) is 19.1 Å². The molecule has 4 heteroatoms. The van der Waals surface area contributed by atoms with Gasteiger partial charge in [-0.05, 0) is 125 Å². The Morgan fingerprint density at radius 3 is 1.29 bits per heavy atom. The van der Waals surface area contributed by atoms with Crippen molar-refractivity contribution >= 4 is 119 Å². The van der Waals surface area contributed by atoms with Gasteiger partial charge in [0, 0.05) is 38.1 Å². The van der Waals surface area contributed by atoms with Crippen molar-refractivity contribution in [3.63, 3.8) is 0 Å². The molecule has 68 heavy (non-hydrogen) atoms. The lowest BCUT2D eigenvalue weighted by molar-refractivity contribution is 0.998. The zero-order chi connectivity index (χ0) is 44.2. The maximum atomic E-state index is 5.69. The van der Waals surface area contributed by atoms with Crippen molar-refractivity contribution in [2.45, 2.75) is 0 Å². The van der Waals surface area contributed by atoms with Gasteiger partial charge in [0.2, 0.25) is 5.95 Å². The normalized spacial score (nSPS) is 12.4. The first-order valence-electron chi connectivity index (χ1n) is 23.4. The molecule has 0 radical (unpaired) electrons. The molecule has 13 aromatic carbocycles. The zero-order valence-electron chi connectivity index (χ0n) is 36.6. The molecule has 0 amide bonds. The Labute approximate surface area is 388 Å². The molecule has 3 heterocycles. The van der Waals surface area contributed by atoms with Gasteiger partial charge >= 0.3 is 0 Å². The summed E-state index contributed by atoms with van der Waals surface area (Å²) in [5, 5.41) is 22.1. The number of hydrogen-bond donors (Lipinski definition) is 0. The Morgan fingerprint density at radius 2 is 0.706 bits per heavy atom. The molecule has 312 valence electrons. The summed E-state index contributed by atoms with van der Waals surface area (Å²) in [6.45, 7) is 0. The van der Waals surface area contributed by atoms with Gasteiger partial charge in [0.05, 0.1) is 39.1 Å². The van der Waals surface area contributed by atoms with Crippen LogP contribution in [0.3, 0.4) is 0 Å². The molecular formula is C64H36N4. The van der Waals surface area contributed by atoms with E-state index in [1.807, 2.05) is 0 Å². The SMILES string of the molecule is c1ccc2c(-n3c4ccccc4c4c3ccc3c5ccccc5n(-c5nc(-c6cc7ccc8cccc9ccc(c6)c7c89)cc(-c6cc7ccc8cccc9ccc(c6)c7c89)n5)c34)cccc2c1. The van der Waals surface area contributed by atoms with Crippen molar-refractivity contribution in [3.8, 4) is 34.2 Å². The van der Waals surface area contributed by atoms with E-state index in [1.54, 1.807) is 0 Å². The molecule has 0 aliphatic rings. The quantitative estimate of drug-likeness (QED) is 0.165. The van der Waals surface area contributed by atoms with Gasteiger partial charge < -0.3 is 4.57 Å². The molecule has 0 N–H and O–H groups in total. The van der Waals surface area contributed by atoms with Crippen LogP contribution in [0, 0.1) is 0 Å². The summed E-state index contributed by atoms with van der Waals surface area (Å²) in [6.07, 6.45) is 0. The van der Waals surface area contributed by atoms with E-state index in [-0.39, 0.29) is 0 Å². The summed E-state index contributed by atoms with van der Waals surface area (Å²) in [6, 6.07) is 80.3. The second-order valence-electron chi connectivity index (χ2n) is 18.5. The highest BCUT2D eigenvalue weighted by Gasteiger charge is 2.24. The maximum Gasteiger partial charge on any atom is 0.235 e. The molecule has 3 aromatic heterocycles. The van der Waals surface area contributed by atoms with Gasteiger partial charge in [-0.1, -0.05) is 164 Å². The average Bonchev–Trinajstić information content (AvgIpc) is 3.92. The number of aromatic nitrogens is 4. The van der Waals surface area contributed by atoms with Crippen molar-refractivity contribution < 1.29 is 0 Å². The van der Waals surface area contributed by atoms with Crippen LogP contribution in [-0.2, 0) is 0 Å². The van der Waals surface area contributed by atoms with E-state index in [9.17, 15) is 0 Å². The van der Waals surface area contributed by atoms with Crippen LogP contribution in [0.4, 0.5) is 0 Å². The lowest BCUT2D eigenvalue weighted by atomic mass is 9.91. The van der Waals surface area contributed by atoms with E-state index in [2.05, 4.69) is 228 Å². The van der Waals surface area contributed by atoms with Crippen LogP contribution < -0.4 is 0 Å². The number of benzene rings is 13. The topological polar surface area (TPSA) is 35.6 Å². The van der Waals surface area contributed by atoms with E-state index >= 15 is 0 Å². The number of nitrogens with zero attached hydrogens (tertiary/aromatic N) is 4. The van der Waals surface area contributed by atoms with Gasteiger partial charge in [0.25, 0.3) is 0 Å². The highest BCUT2D eigenvalue weighted by molar-refractivity contribution is 6.27. The summed E-state index contributed by atoms with van der Waals surface area (Å²) < 4.78 is 4.79. The lowest BCUT2D eigenvalue weighted by Gasteiger charge is -2.16. The summed E-state index contributed by atoms with van der Waals surface area (Å²) in [5.74, 6) is 0.633. The summed E-state index contributed by atoms with van der Waals surface area (Å²) in [5.41, 5.74) is 9.44. The summed E-state index contributed by atoms with van der Waals surface area (Å²) in [7, 11) is 0. The first-order chi connectivity index (χ1) is 33.7. The minimum atomic E-state index is 0.633. The Bertz CT molecular complexity index is 4500. The van der Waals surface area contributed by atoms with Crippen LogP contribution in [0.15, 0.2) is 218 Å². The smallest absolute Gasteiger partial charge is 0.235 e. The van der Waals surface area contributed by atoms with Crippen molar-refractivity contribution in [2.75, 3.05) is 0 Å². The van der Waals surface area contributed by atoms with Crippen molar-refractivity contribution in [1.29, 1.82) is 0 Å². The van der Waals surface area contributed by atoms with Crippen LogP contribution in [0.5, 0.6) is 0 Å². The number of rotatable bonds is 4. The monoisotopic (exact) mass is 860 g/mol. The second-order valence-corrected chi connectivity index (χ2v) is 18.5. The number of para-hydroxylation sites is 2. The fourth-order valence-corrected chi connectivity index (χ4v) is 12.0. The fraction of sp³-hybridized carbons (Fsp3) is 0. The Morgan fingerprint density at radius 1 is 0.265 bits per heavy atom. The minimum Gasteiger partial charge on any atom is -0.309 e. The molecule has 16 aromatic rings. The highest BCUT2D eigenvalue weighted by Crippen LogP contribution is 2.45. The van der Waals surface area contributed by atoms with Crippen LogP contribution >= 0.6 is 0 Å². The largest absolute Gasteiger partial charge is 0.309 e. The molecule has 0 bridgehead atoms. The summed E-state index contributed by atoms with van der Waals surface area (Å²) in [4.78, 5) is 11.4. The zero-order valence-corrected chi connectivity index (χ0v) is 36.6. The van der Waals surface area contributed by atoms with E-state index in [4.69, 9.17) is 9.97 Å². The molecule has 16 rings (SSSR count). The summed E-state index contributed by atoms with van der Waals surface area (Å²) >= 11 is 0. The predicted molar refractivity (Wildman–Crippen MR) is 286 cm³/mol. The fourth-order valence-electron chi connectivity index (χ4n) is 12.0. The third-order valence-corrected chi connectivity index (χ3v) is 14.9. The van der Waals surface area contributed by atoms with E-state index < -0.39 is 0 Å². The molecular weight excluding hydrogens is 825 g/mol. The van der Waals surface area contributed by atoms with Crippen LogP contribution in [0.1, 0.15) is 0 Å². The van der Waals surface area contributed by atoms with Crippen molar-refractivity contribution in [3.05, 3.63) is 218 Å². The van der Waals surface area contributed by atoms with Gasteiger partial charge in [0.1, 0.15) is 0 Å². The number of hydrogen-bond acceptors (Lipinski definition) is 2. The molecule has 0 aliphatic carbocycles.